The molecule has 1 saturated heterocycles. The number of hydrogen-bond acceptors (Lipinski definition) is 3. The summed E-state index contributed by atoms with van der Waals surface area (Å²) in [5.74, 6) is 0.724. The summed E-state index contributed by atoms with van der Waals surface area (Å²) >= 11 is 0. The number of methoxy groups -OCH3 is 1. The second-order valence-corrected chi connectivity index (χ2v) is 7.82. The molecule has 0 atom stereocenters. The Morgan fingerprint density at radius 2 is 1.97 bits per heavy atom. The molecule has 2 aromatic carbocycles. The van der Waals surface area contributed by atoms with E-state index in [9.17, 15) is 9.18 Å². The van der Waals surface area contributed by atoms with E-state index >= 15 is 0 Å². The first-order valence-corrected chi connectivity index (χ1v) is 10.4. The number of nitrogens with zero attached hydrogens (tertiary/aromatic N) is 3. The Morgan fingerprint density at radius 1 is 1.16 bits per heavy atom. The molecule has 31 heavy (non-hydrogen) atoms. The maximum Gasteiger partial charge on any atom is 0.274 e. The van der Waals surface area contributed by atoms with Crippen molar-refractivity contribution in [3.05, 3.63) is 78.0 Å². The van der Waals surface area contributed by atoms with E-state index in [4.69, 9.17) is 4.74 Å². The largest absolute Gasteiger partial charge is 0.497 e. The fraction of sp³-hybridized carbons (Fsp3) is 0.250. The van der Waals surface area contributed by atoms with Gasteiger partial charge < -0.3 is 14.6 Å². The number of carbonyl (C=O) groups is 1. The number of nitrogens with one attached hydrogen (secondary N) is 1. The third-order valence-corrected chi connectivity index (χ3v) is 6.05. The number of amides is 1. The summed E-state index contributed by atoms with van der Waals surface area (Å²) in [6.07, 6.45) is 5.45. The molecule has 1 N–H and O–H groups in total. The summed E-state index contributed by atoms with van der Waals surface area (Å²) in [6, 6.07) is 14.1. The molecule has 0 radical (unpaired) electrons. The number of para-hydroxylation sites is 1. The number of piperidine rings is 1. The summed E-state index contributed by atoms with van der Waals surface area (Å²) in [4.78, 5) is 18.1. The molecule has 6 nitrogen and oxygen atoms in total. The van der Waals surface area contributed by atoms with Crippen LogP contribution < -0.4 is 4.74 Å². The third-order valence-electron chi connectivity index (χ3n) is 6.05. The number of likely N-dealkylation sites (tertiary alicyclic amines) is 1. The standard InChI is InChI=1S/C24H23FN4O2/c1-31-17-6-7-21-18(14-17)19(15-26-21)16-8-11-28(12-9-16)24(30)22-10-13-29(27-22)23-5-3-2-4-20(23)25/h2-7,10,13-16,26H,8-9,11-12H2,1H3. The lowest BCUT2D eigenvalue weighted by Crippen LogP contribution is -2.38. The lowest BCUT2D eigenvalue weighted by atomic mass is 9.89. The van der Waals surface area contributed by atoms with Gasteiger partial charge in [0, 0.05) is 36.4 Å². The van der Waals surface area contributed by atoms with Gasteiger partial charge in [0.15, 0.2) is 5.69 Å². The van der Waals surface area contributed by atoms with Crippen molar-refractivity contribution < 1.29 is 13.9 Å². The molecule has 7 heteroatoms. The molecule has 4 aromatic rings. The summed E-state index contributed by atoms with van der Waals surface area (Å²) < 4.78 is 20.8. The zero-order chi connectivity index (χ0) is 21.4. The van der Waals surface area contributed by atoms with Gasteiger partial charge in [0.25, 0.3) is 5.91 Å². The SMILES string of the molecule is COc1ccc2[nH]cc(C3CCN(C(=O)c4ccn(-c5ccccc5F)n4)CC3)c2c1. The number of hydrogen-bond donors (Lipinski definition) is 1. The summed E-state index contributed by atoms with van der Waals surface area (Å²) in [7, 11) is 1.67. The van der Waals surface area contributed by atoms with E-state index in [1.54, 1.807) is 37.6 Å². The molecular formula is C24H23FN4O2. The van der Waals surface area contributed by atoms with Crippen molar-refractivity contribution >= 4 is 16.8 Å². The minimum Gasteiger partial charge on any atom is -0.497 e. The van der Waals surface area contributed by atoms with Crippen LogP contribution in [0.2, 0.25) is 0 Å². The Balaban J connectivity index is 1.29. The van der Waals surface area contributed by atoms with Crippen LogP contribution in [0.4, 0.5) is 4.39 Å². The molecule has 158 valence electrons. The van der Waals surface area contributed by atoms with Gasteiger partial charge in [0.2, 0.25) is 0 Å². The number of benzene rings is 2. The minimum absolute atomic E-state index is 0.117. The van der Waals surface area contributed by atoms with E-state index in [0.717, 1.165) is 24.1 Å². The lowest BCUT2D eigenvalue weighted by molar-refractivity contribution is 0.0707. The predicted molar refractivity (Wildman–Crippen MR) is 116 cm³/mol. The fourth-order valence-electron chi connectivity index (χ4n) is 4.35. The maximum absolute atomic E-state index is 14.0. The number of carbonyl (C=O) groups excluding carboxylic acids is 1. The quantitative estimate of drug-likeness (QED) is 0.530. The van der Waals surface area contributed by atoms with Crippen molar-refractivity contribution in [1.82, 2.24) is 19.7 Å². The molecule has 1 fully saturated rings. The Hall–Kier alpha value is -3.61. The van der Waals surface area contributed by atoms with Crippen LogP contribution in [0.25, 0.3) is 16.6 Å². The predicted octanol–water partition coefficient (Wildman–Crippen LogP) is 4.52. The average molecular weight is 418 g/mol. The van der Waals surface area contributed by atoms with Crippen molar-refractivity contribution in [3.8, 4) is 11.4 Å². The fourth-order valence-corrected chi connectivity index (χ4v) is 4.35. The van der Waals surface area contributed by atoms with Crippen LogP contribution in [-0.2, 0) is 0 Å². The van der Waals surface area contributed by atoms with Gasteiger partial charge >= 0.3 is 0 Å². The van der Waals surface area contributed by atoms with Gasteiger partial charge in [-0.3, -0.25) is 4.79 Å². The molecule has 0 saturated carbocycles. The highest BCUT2D eigenvalue weighted by Gasteiger charge is 2.27. The van der Waals surface area contributed by atoms with Crippen LogP contribution >= 0.6 is 0 Å². The van der Waals surface area contributed by atoms with Gasteiger partial charge in [-0.05, 0) is 60.7 Å². The van der Waals surface area contributed by atoms with Gasteiger partial charge in [-0.25, -0.2) is 9.07 Å². The third kappa shape index (κ3) is 3.56. The monoisotopic (exact) mass is 418 g/mol. The molecule has 5 rings (SSSR count). The van der Waals surface area contributed by atoms with Gasteiger partial charge in [-0.2, -0.15) is 5.10 Å². The highest BCUT2D eigenvalue weighted by molar-refractivity contribution is 5.92. The summed E-state index contributed by atoms with van der Waals surface area (Å²) in [6.45, 7) is 1.32. The number of fused-ring (bicyclic) bond motifs is 1. The summed E-state index contributed by atoms with van der Waals surface area (Å²) in [5.41, 5.74) is 3.02. The van der Waals surface area contributed by atoms with E-state index < -0.39 is 0 Å². The number of rotatable bonds is 4. The van der Waals surface area contributed by atoms with E-state index in [2.05, 4.69) is 22.3 Å². The molecule has 0 spiro atoms. The second kappa shape index (κ2) is 7.91. The normalized spacial score (nSPS) is 14.8. The van der Waals surface area contributed by atoms with Gasteiger partial charge in [0.05, 0.1) is 7.11 Å². The molecule has 0 bridgehead atoms. The molecule has 1 amide bonds. The highest BCUT2D eigenvalue weighted by atomic mass is 19.1. The molecule has 1 aliphatic rings. The average Bonchev–Trinajstić information content (AvgIpc) is 3.46. The van der Waals surface area contributed by atoms with Crippen molar-refractivity contribution in [1.29, 1.82) is 0 Å². The van der Waals surface area contributed by atoms with E-state index in [0.29, 0.717) is 30.4 Å². The van der Waals surface area contributed by atoms with Crippen molar-refractivity contribution in [2.75, 3.05) is 20.2 Å². The Labute approximate surface area is 179 Å². The maximum atomic E-state index is 14.0. The van der Waals surface area contributed by atoms with E-state index in [-0.39, 0.29) is 11.7 Å². The topological polar surface area (TPSA) is 63.1 Å². The highest BCUT2D eigenvalue weighted by Crippen LogP contribution is 2.35. The number of halogens is 1. The summed E-state index contributed by atoms with van der Waals surface area (Å²) in [5, 5.41) is 5.49. The molecular weight excluding hydrogens is 395 g/mol. The van der Waals surface area contributed by atoms with Crippen molar-refractivity contribution in [2.24, 2.45) is 0 Å². The Bertz CT molecular complexity index is 1240. The van der Waals surface area contributed by atoms with E-state index in [1.165, 1.54) is 21.7 Å². The molecule has 2 aromatic heterocycles. The second-order valence-electron chi connectivity index (χ2n) is 7.82. The van der Waals surface area contributed by atoms with Crippen LogP contribution in [0, 0.1) is 5.82 Å². The number of ether oxygens (including phenoxy) is 1. The number of aromatic nitrogens is 3. The van der Waals surface area contributed by atoms with Gasteiger partial charge in [0.1, 0.15) is 17.3 Å². The Morgan fingerprint density at radius 3 is 2.74 bits per heavy atom. The molecule has 1 aliphatic heterocycles. The van der Waals surface area contributed by atoms with Crippen LogP contribution in [-0.4, -0.2) is 45.8 Å². The first-order chi connectivity index (χ1) is 15.1. The zero-order valence-electron chi connectivity index (χ0n) is 17.2. The van der Waals surface area contributed by atoms with Crippen LogP contribution in [0.5, 0.6) is 5.75 Å². The van der Waals surface area contributed by atoms with Crippen LogP contribution in [0.3, 0.4) is 0 Å². The lowest BCUT2D eigenvalue weighted by Gasteiger charge is -2.31. The number of H-pyrrole nitrogens is 1. The van der Waals surface area contributed by atoms with Crippen LogP contribution in [0.15, 0.2) is 60.9 Å². The first-order valence-electron chi connectivity index (χ1n) is 10.4. The molecule has 3 heterocycles. The van der Waals surface area contributed by atoms with Gasteiger partial charge in [-0.15, -0.1) is 0 Å². The van der Waals surface area contributed by atoms with Crippen LogP contribution in [0.1, 0.15) is 34.8 Å². The minimum atomic E-state index is -0.374. The van der Waals surface area contributed by atoms with Crippen molar-refractivity contribution in [3.63, 3.8) is 0 Å². The molecule has 0 aliphatic carbocycles. The van der Waals surface area contributed by atoms with E-state index in [1.807, 2.05) is 17.0 Å². The molecule has 0 unspecified atom stereocenters. The smallest absolute Gasteiger partial charge is 0.274 e. The first kappa shape index (κ1) is 19.4. The van der Waals surface area contributed by atoms with Gasteiger partial charge in [-0.1, -0.05) is 12.1 Å². The van der Waals surface area contributed by atoms with Crippen molar-refractivity contribution in [2.45, 2.75) is 18.8 Å². The zero-order valence-corrected chi connectivity index (χ0v) is 17.2. The Kier molecular flexibility index (Phi) is 4.94. The number of aromatic amines is 1.